The van der Waals surface area contributed by atoms with Crippen molar-refractivity contribution < 1.29 is 14.3 Å². The van der Waals surface area contributed by atoms with Crippen LogP contribution >= 0.6 is 0 Å². The number of methoxy groups -OCH3 is 1. The van der Waals surface area contributed by atoms with E-state index < -0.39 is 0 Å². The molecule has 1 spiro atoms. The van der Waals surface area contributed by atoms with Crippen molar-refractivity contribution in [3.05, 3.63) is 0 Å². The van der Waals surface area contributed by atoms with Crippen molar-refractivity contribution >= 4 is 5.91 Å². The molecule has 0 radical (unpaired) electrons. The maximum absolute atomic E-state index is 12.1. The number of carbonyl (C=O) groups excluding carboxylic acids is 1. The summed E-state index contributed by atoms with van der Waals surface area (Å²) in [5.74, 6) is 1.09. The van der Waals surface area contributed by atoms with Gasteiger partial charge in [-0.15, -0.1) is 0 Å². The van der Waals surface area contributed by atoms with Gasteiger partial charge in [-0.25, -0.2) is 0 Å². The second kappa shape index (κ2) is 7.49. The predicted molar refractivity (Wildman–Crippen MR) is 89.4 cm³/mol. The smallest absolute Gasteiger partial charge is 0.224 e. The molecule has 2 saturated heterocycles. The van der Waals surface area contributed by atoms with Gasteiger partial charge in [0.1, 0.15) is 0 Å². The zero-order valence-electron chi connectivity index (χ0n) is 14.8. The van der Waals surface area contributed by atoms with Crippen molar-refractivity contribution in [2.45, 2.75) is 56.5 Å². The van der Waals surface area contributed by atoms with Gasteiger partial charge in [-0.1, -0.05) is 0 Å². The summed E-state index contributed by atoms with van der Waals surface area (Å²) in [7, 11) is 3.91. The molecule has 3 fully saturated rings. The van der Waals surface area contributed by atoms with Crippen molar-refractivity contribution in [3.8, 4) is 0 Å². The van der Waals surface area contributed by atoms with Crippen molar-refractivity contribution in [3.63, 3.8) is 0 Å². The number of nitrogens with zero attached hydrogens (tertiary/aromatic N) is 2. The van der Waals surface area contributed by atoms with E-state index in [1.165, 1.54) is 25.7 Å². The highest BCUT2D eigenvalue weighted by molar-refractivity contribution is 5.76. The number of likely N-dealkylation sites (tertiary alicyclic amines) is 2. The van der Waals surface area contributed by atoms with Crippen LogP contribution in [-0.2, 0) is 14.3 Å². The minimum atomic E-state index is 0.242. The summed E-state index contributed by atoms with van der Waals surface area (Å²) in [5, 5.41) is 0. The van der Waals surface area contributed by atoms with Gasteiger partial charge >= 0.3 is 0 Å². The third kappa shape index (κ3) is 4.06. The van der Waals surface area contributed by atoms with Crippen LogP contribution < -0.4 is 0 Å². The summed E-state index contributed by atoms with van der Waals surface area (Å²) in [4.78, 5) is 16.7. The molecule has 5 nitrogen and oxygen atoms in total. The van der Waals surface area contributed by atoms with Crippen molar-refractivity contribution in [2.75, 3.05) is 47.1 Å². The lowest BCUT2D eigenvalue weighted by Crippen LogP contribution is -2.54. The lowest BCUT2D eigenvalue weighted by atomic mass is 9.85. The molecule has 1 amide bonds. The first kappa shape index (κ1) is 17.2. The molecule has 1 atom stereocenters. The lowest BCUT2D eigenvalue weighted by molar-refractivity contribution is -0.134. The van der Waals surface area contributed by atoms with Crippen LogP contribution in [0.1, 0.15) is 44.9 Å². The van der Waals surface area contributed by atoms with Crippen LogP contribution in [0.2, 0.25) is 0 Å². The van der Waals surface area contributed by atoms with E-state index in [-0.39, 0.29) is 5.91 Å². The molecule has 0 bridgehead atoms. The molecule has 5 heteroatoms. The number of hydrogen-bond acceptors (Lipinski definition) is 4. The summed E-state index contributed by atoms with van der Waals surface area (Å²) in [6.07, 6.45) is 7.91. The Hall–Kier alpha value is -0.650. The van der Waals surface area contributed by atoms with Gasteiger partial charge in [0.2, 0.25) is 5.91 Å². The van der Waals surface area contributed by atoms with Gasteiger partial charge in [0.25, 0.3) is 0 Å². The monoisotopic (exact) mass is 324 g/mol. The van der Waals surface area contributed by atoms with Crippen LogP contribution in [0, 0.1) is 5.92 Å². The Morgan fingerprint density at radius 3 is 2.52 bits per heavy atom. The number of carbonyl (C=O) groups is 1. The number of piperidine rings is 1. The van der Waals surface area contributed by atoms with E-state index >= 15 is 0 Å². The third-order valence-electron chi connectivity index (χ3n) is 6.17. The highest BCUT2D eigenvalue weighted by atomic mass is 16.5. The molecule has 2 aliphatic heterocycles. The third-order valence-corrected chi connectivity index (χ3v) is 6.17. The summed E-state index contributed by atoms with van der Waals surface area (Å²) in [6, 6.07) is 0.560. The van der Waals surface area contributed by atoms with Crippen LogP contribution in [0.5, 0.6) is 0 Å². The summed E-state index contributed by atoms with van der Waals surface area (Å²) < 4.78 is 10.9. The number of ether oxygens (including phenoxy) is 2. The molecule has 0 unspecified atom stereocenters. The fourth-order valence-electron chi connectivity index (χ4n) is 4.17. The number of likely N-dealkylation sites (N-methyl/N-ethyl adjacent to an activating group) is 1. The first-order chi connectivity index (χ1) is 11.1. The molecule has 3 aliphatic rings. The molecule has 132 valence electrons. The van der Waals surface area contributed by atoms with Gasteiger partial charge in [0, 0.05) is 38.4 Å². The summed E-state index contributed by atoms with van der Waals surface area (Å²) >= 11 is 0. The van der Waals surface area contributed by atoms with E-state index in [1.54, 1.807) is 7.11 Å². The maximum atomic E-state index is 12.1. The van der Waals surface area contributed by atoms with E-state index in [2.05, 4.69) is 11.9 Å². The fourth-order valence-corrected chi connectivity index (χ4v) is 4.17. The summed E-state index contributed by atoms with van der Waals surface area (Å²) in [6.45, 7) is 4.15. The Kier molecular flexibility index (Phi) is 5.60. The molecule has 23 heavy (non-hydrogen) atoms. The molecule has 1 aliphatic carbocycles. The Labute approximate surface area is 140 Å². The Bertz CT molecular complexity index is 403. The molecular weight excluding hydrogens is 292 g/mol. The van der Waals surface area contributed by atoms with Gasteiger partial charge in [0.05, 0.1) is 19.6 Å². The Balaban J connectivity index is 1.44. The molecule has 2 heterocycles. The van der Waals surface area contributed by atoms with Crippen molar-refractivity contribution in [1.82, 2.24) is 9.80 Å². The molecule has 0 aromatic carbocycles. The first-order valence-corrected chi connectivity index (χ1v) is 9.22. The highest BCUT2D eigenvalue weighted by Crippen LogP contribution is 2.40. The first-order valence-electron chi connectivity index (χ1n) is 9.22. The highest BCUT2D eigenvalue weighted by Gasteiger charge is 2.46. The second-order valence-electron chi connectivity index (χ2n) is 7.63. The van der Waals surface area contributed by atoms with Gasteiger partial charge in [0.15, 0.2) is 0 Å². The number of rotatable bonds is 7. The molecular formula is C18H32N2O3. The van der Waals surface area contributed by atoms with E-state index in [9.17, 15) is 4.79 Å². The largest absolute Gasteiger partial charge is 0.384 e. The topological polar surface area (TPSA) is 42.0 Å². The molecule has 0 aromatic heterocycles. The average molecular weight is 324 g/mol. The molecule has 0 N–H and O–H groups in total. The van der Waals surface area contributed by atoms with Gasteiger partial charge in [-0.05, 0) is 51.5 Å². The van der Waals surface area contributed by atoms with E-state index in [0.29, 0.717) is 24.6 Å². The molecule has 1 saturated carbocycles. The Morgan fingerprint density at radius 2 is 1.87 bits per heavy atom. The van der Waals surface area contributed by atoms with Crippen LogP contribution in [0.4, 0.5) is 0 Å². The molecule has 3 rings (SSSR count). The van der Waals surface area contributed by atoms with Gasteiger partial charge < -0.3 is 14.4 Å². The minimum absolute atomic E-state index is 0.242. The predicted octanol–water partition coefficient (Wildman–Crippen LogP) is 1.90. The van der Waals surface area contributed by atoms with Gasteiger partial charge in [-0.2, -0.15) is 0 Å². The fraction of sp³-hybridized carbons (Fsp3) is 0.944. The van der Waals surface area contributed by atoms with Gasteiger partial charge in [-0.3, -0.25) is 9.69 Å². The van der Waals surface area contributed by atoms with Crippen molar-refractivity contribution in [1.29, 1.82) is 0 Å². The average Bonchev–Trinajstić information content (AvgIpc) is 3.35. The van der Waals surface area contributed by atoms with Crippen LogP contribution in [-0.4, -0.2) is 74.4 Å². The zero-order chi connectivity index (χ0) is 16.3. The van der Waals surface area contributed by atoms with E-state index in [0.717, 1.165) is 45.1 Å². The lowest BCUT2D eigenvalue weighted by Gasteiger charge is -2.45. The quantitative estimate of drug-likeness (QED) is 0.717. The number of hydrogen-bond donors (Lipinski definition) is 0. The second-order valence-corrected chi connectivity index (χ2v) is 7.63. The van der Waals surface area contributed by atoms with E-state index in [4.69, 9.17) is 9.47 Å². The van der Waals surface area contributed by atoms with Crippen molar-refractivity contribution in [2.24, 2.45) is 5.92 Å². The standard InChI is InChI=1S/C18H32N2O3/c1-19-16(14-23-13-15-3-4-15)5-7-18(19)8-10-20(11-9-18)17(21)6-12-22-2/h15-16H,3-14H2,1-2H3/t16-/m0/s1. The normalized spacial score (nSPS) is 27.7. The van der Waals surface area contributed by atoms with Crippen LogP contribution in [0.15, 0.2) is 0 Å². The van der Waals surface area contributed by atoms with E-state index in [1.807, 2.05) is 4.90 Å². The maximum Gasteiger partial charge on any atom is 0.224 e. The van der Waals surface area contributed by atoms with Crippen LogP contribution in [0.25, 0.3) is 0 Å². The number of amides is 1. The SMILES string of the molecule is COCCC(=O)N1CCC2(CC[C@@H](COCC3CC3)N2C)CC1. The Morgan fingerprint density at radius 1 is 1.13 bits per heavy atom. The minimum Gasteiger partial charge on any atom is -0.384 e. The van der Waals surface area contributed by atoms with Crippen LogP contribution in [0.3, 0.4) is 0 Å². The summed E-state index contributed by atoms with van der Waals surface area (Å²) in [5.41, 5.74) is 0.297. The zero-order valence-corrected chi connectivity index (χ0v) is 14.8. The molecule has 0 aromatic rings.